The number of nitrogens with one attached hydrogen (secondary N) is 4. The Hall–Kier alpha value is -4.37. The number of rotatable bonds is 9. The molecule has 2 aromatic rings. The summed E-state index contributed by atoms with van der Waals surface area (Å²) in [6, 6.07) is 0. The number of hydrogen-bond acceptors (Lipinski definition) is 9. The Bertz CT molecular complexity index is 1160. The van der Waals surface area contributed by atoms with E-state index >= 15 is 0 Å². The number of aryl methyl sites for hydroxylation is 1. The topological polar surface area (TPSA) is 238 Å². The van der Waals surface area contributed by atoms with Crippen LogP contribution in [0.15, 0.2) is 15.9 Å². The molecule has 0 aliphatic rings. The first-order chi connectivity index (χ1) is 15.0. The maximum atomic E-state index is 12.6. The monoisotopic (exact) mass is 452 g/mol. The smallest absolute Gasteiger partial charge is 0.332 e. The maximum absolute atomic E-state index is 12.6. The lowest BCUT2D eigenvalue weighted by molar-refractivity contribution is -0.158. The van der Waals surface area contributed by atoms with Gasteiger partial charge in [-0.2, -0.15) is 0 Å². The van der Waals surface area contributed by atoms with Crippen molar-refractivity contribution < 1.29 is 19.1 Å². The number of nitrogens with zero attached hydrogens (tertiary/aromatic N) is 4. The zero-order valence-corrected chi connectivity index (χ0v) is 17.4. The molecule has 0 saturated carbocycles. The van der Waals surface area contributed by atoms with Crippen LogP contribution in [-0.4, -0.2) is 68.3 Å². The number of carbonyl (C=O) groups excluding carboxylic acids is 2. The summed E-state index contributed by atoms with van der Waals surface area (Å²) in [5.74, 6) is -2.43. The van der Waals surface area contributed by atoms with Gasteiger partial charge in [-0.05, 0) is 0 Å². The largest absolute Gasteiger partial charge is 0.460 e. The molecule has 2 heterocycles. The van der Waals surface area contributed by atoms with Crippen molar-refractivity contribution in [2.24, 2.45) is 25.6 Å². The lowest BCUT2D eigenvalue weighted by Gasteiger charge is -2.19. The summed E-state index contributed by atoms with van der Waals surface area (Å²) >= 11 is 0. The summed E-state index contributed by atoms with van der Waals surface area (Å²) in [4.78, 5) is 52.6. The van der Waals surface area contributed by atoms with E-state index in [0.717, 1.165) is 4.57 Å². The second kappa shape index (κ2) is 10.1. The van der Waals surface area contributed by atoms with Gasteiger partial charge in [-0.25, -0.2) is 9.78 Å². The quantitative estimate of drug-likeness (QED) is 0.121. The number of hydrogen-bond donors (Lipinski definition) is 6. The number of aromatic nitrogens is 4. The average molecular weight is 452 g/mol. The van der Waals surface area contributed by atoms with Gasteiger partial charge in [0.2, 0.25) is 0 Å². The number of ether oxygens (including phenoxy) is 2. The lowest BCUT2D eigenvalue weighted by atomic mass is 10.3. The highest BCUT2D eigenvalue weighted by atomic mass is 16.6. The number of fused-ring (bicyclic) bond motifs is 1. The zero-order valence-electron chi connectivity index (χ0n) is 17.4. The minimum atomic E-state index is -1.06. The fraction of sp³-hybridized carbons (Fsp3) is 0.438. The third-order valence-electron chi connectivity index (χ3n) is 4.19. The van der Waals surface area contributed by atoms with Crippen molar-refractivity contribution in [3.05, 3.63) is 27.2 Å². The van der Waals surface area contributed by atoms with Crippen molar-refractivity contribution in [1.82, 2.24) is 29.3 Å². The molecule has 0 aliphatic heterocycles. The number of guanidine groups is 2. The van der Waals surface area contributed by atoms with Gasteiger partial charge in [-0.15, -0.1) is 0 Å². The molecule has 0 aliphatic carbocycles. The van der Waals surface area contributed by atoms with Crippen LogP contribution < -0.4 is 33.3 Å². The Morgan fingerprint density at radius 1 is 1.09 bits per heavy atom. The molecule has 32 heavy (non-hydrogen) atoms. The highest BCUT2D eigenvalue weighted by molar-refractivity contribution is 5.81. The molecule has 0 saturated heterocycles. The lowest BCUT2D eigenvalue weighted by Crippen LogP contribution is -2.40. The van der Waals surface area contributed by atoms with Crippen molar-refractivity contribution in [2.75, 3.05) is 19.7 Å². The van der Waals surface area contributed by atoms with Gasteiger partial charge in [-0.1, -0.05) is 0 Å². The van der Waals surface area contributed by atoms with Gasteiger partial charge in [-0.3, -0.25) is 34.3 Å². The Kier molecular flexibility index (Phi) is 7.54. The second-order valence-electron chi connectivity index (χ2n) is 6.60. The molecule has 2 aromatic heterocycles. The van der Waals surface area contributed by atoms with Crippen molar-refractivity contribution in [3.63, 3.8) is 0 Å². The summed E-state index contributed by atoms with van der Waals surface area (Å²) in [7, 11) is 2.77. The molecule has 8 N–H and O–H groups in total. The fourth-order valence-corrected chi connectivity index (χ4v) is 2.68. The van der Waals surface area contributed by atoms with Crippen LogP contribution in [-0.2, 0) is 39.7 Å². The summed E-state index contributed by atoms with van der Waals surface area (Å²) in [5, 5.41) is 18.7. The molecule has 16 heteroatoms. The Morgan fingerprint density at radius 2 is 1.69 bits per heavy atom. The molecule has 1 atom stereocenters. The first-order valence-corrected chi connectivity index (χ1v) is 9.13. The van der Waals surface area contributed by atoms with Crippen LogP contribution in [0.25, 0.3) is 11.2 Å². The van der Waals surface area contributed by atoms with Crippen molar-refractivity contribution >= 4 is 35.0 Å². The summed E-state index contributed by atoms with van der Waals surface area (Å²) in [6.07, 6.45) is 0.233. The highest BCUT2D eigenvalue weighted by Gasteiger charge is 2.21. The number of imidazole rings is 1. The molecule has 0 fully saturated rings. The third kappa shape index (κ3) is 5.83. The zero-order chi connectivity index (χ0) is 24.0. The van der Waals surface area contributed by atoms with E-state index < -0.39 is 54.4 Å². The van der Waals surface area contributed by atoms with E-state index in [4.69, 9.17) is 31.8 Å². The molecule has 174 valence electrons. The minimum Gasteiger partial charge on any atom is -0.460 e. The Morgan fingerprint density at radius 3 is 2.28 bits per heavy atom. The molecule has 16 nitrogen and oxygen atoms in total. The Labute approximate surface area is 180 Å². The van der Waals surface area contributed by atoms with Crippen LogP contribution in [0.2, 0.25) is 0 Å². The van der Waals surface area contributed by atoms with E-state index in [9.17, 15) is 19.2 Å². The van der Waals surface area contributed by atoms with Crippen LogP contribution in [0.5, 0.6) is 0 Å². The van der Waals surface area contributed by atoms with Gasteiger partial charge in [0.15, 0.2) is 29.2 Å². The summed E-state index contributed by atoms with van der Waals surface area (Å²) in [5.41, 5.74) is 9.30. The van der Waals surface area contributed by atoms with Crippen LogP contribution in [0, 0.1) is 10.8 Å². The molecular weight excluding hydrogens is 428 g/mol. The minimum absolute atomic E-state index is 0.0853. The van der Waals surface area contributed by atoms with E-state index in [1.165, 1.54) is 29.6 Å². The maximum Gasteiger partial charge on any atom is 0.332 e. The average Bonchev–Trinajstić information content (AvgIpc) is 3.15. The number of carbonyl (C=O) groups is 2. The second-order valence-corrected chi connectivity index (χ2v) is 6.60. The van der Waals surface area contributed by atoms with Crippen molar-refractivity contribution in [3.8, 4) is 0 Å². The predicted octanol–water partition coefficient (Wildman–Crippen LogP) is -4.15. The van der Waals surface area contributed by atoms with Gasteiger partial charge < -0.3 is 36.1 Å². The highest BCUT2D eigenvalue weighted by Crippen LogP contribution is 2.09. The standard InChI is InChI=1S/C16H24N10O6/c1-24-12-11(13(29)25(2)16(24)30)26(7-23-12)5-8(32-10(28)4-22-15(19)20)6-31-9(27)3-21-14(17)18/h7-8H,3-6H2,1-2H3,(H4,17,18,21)(H4,19,20,22). The van der Waals surface area contributed by atoms with Gasteiger partial charge in [0.25, 0.3) is 5.56 Å². The molecule has 0 bridgehead atoms. The van der Waals surface area contributed by atoms with E-state index in [1.807, 2.05) is 0 Å². The van der Waals surface area contributed by atoms with Gasteiger partial charge >= 0.3 is 17.6 Å². The van der Waals surface area contributed by atoms with Crippen molar-refractivity contribution in [2.45, 2.75) is 12.6 Å². The van der Waals surface area contributed by atoms with Crippen LogP contribution in [0.4, 0.5) is 0 Å². The van der Waals surface area contributed by atoms with Crippen LogP contribution in [0.3, 0.4) is 0 Å². The third-order valence-corrected chi connectivity index (χ3v) is 4.19. The number of esters is 2. The predicted molar refractivity (Wildman–Crippen MR) is 111 cm³/mol. The van der Waals surface area contributed by atoms with E-state index in [-0.39, 0.29) is 24.3 Å². The van der Waals surface area contributed by atoms with E-state index in [1.54, 1.807) is 0 Å². The van der Waals surface area contributed by atoms with Crippen LogP contribution >= 0.6 is 0 Å². The van der Waals surface area contributed by atoms with Crippen molar-refractivity contribution in [1.29, 1.82) is 10.8 Å². The molecule has 0 spiro atoms. The molecule has 0 amide bonds. The van der Waals surface area contributed by atoms with Gasteiger partial charge in [0, 0.05) is 14.1 Å². The molecular formula is C16H24N10O6. The number of nitrogens with two attached hydrogens (primary N) is 2. The Balaban J connectivity index is 2.25. The molecule has 0 radical (unpaired) electrons. The summed E-state index contributed by atoms with van der Waals surface area (Å²) < 4.78 is 13.8. The van der Waals surface area contributed by atoms with E-state index in [0.29, 0.717) is 0 Å². The van der Waals surface area contributed by atoms with Gasteiger partial charge in [0.1, 0.15) is 19.7 Å². The fourth-order valence-electron chi connectivity index (χ4n) is 2.68. The molecule has 0 aromatic carbocycles. The normalized spacial score (nSPS) is 11.6. The first-order valence-electron chi connectivity index (χ1n) is 9.13. The summed E-state index contributed by atoms with van der Waals surface area (Å²) in [6.45, 7) is -1.32. The molecule has 1 unspecified atom stereocenters. The first kappa shape index (κ1) is 23.9. The van der Waals surface area contributed by atoms with E-state index in [2.05, 4.69) is 15.6 Å². The SMILES string of the molecule is Cn1c(=O)c2c(ncn2CC(COC(=O)CNC(=N)N)OC(=O)CNC(=N)N)n(C)c1=O. The van der Waals surface area contributed by atoms with Crippen LogP contribution in [0.1, 0.15) is 0 Å². The van der Waals surface area contributed by atoms with Gasteiger partial charge in [0.05, 0.1) is 12.9 Å². The molecule has 2 rings (SSSR count).